The Morgan fingerprint density at radius 1 is 1.32 bits per heavy atom. The number of nitrogens with zero attached hydrogens (tertiary/aromatic N) is 1. The lowest BCUT2D eigenvalue weighted by molar-refractivity contribution is -0.137. The summed E-state index contributed by atoms with van der Waals surface area (Å²) in [6.45, 7) is 0.862. The molecular weight excluding hydrogens is 339 g/mol. The Hall–Kier alpha value is -2.13. The van der Waals surface area contributed by atoms with Crippen LogP contribution in [0.5, 0.6) is 0 Å². The molecule has 0 spiro atoms. The third-order valence-corrected chi connectivity index (χ3v) is 3.94. The second-order valence-corrected chi connectivity index (χ2v) is 5.75. The van der Waals surface area contributed by atoms with Crippen molar-refractivity contribution in [2.24, 2.45) is 0 Å². The number of hydrogen-bond acceptors (Lipinski definition) is 4. The fraction of sp³-hybridized carbons (Fsp3) is 0.500. The van der Waals surface area contributed by atoms with E-state index in [1.807, 2.05) is 4.90 Å². The fourth-order valence-corrected chi connectivity index (χ4v) is 2.72. The molecule has 6 nitrogen and oxygen atoms in total. The SMILES string of the molecule is O=C(CNC(=O)c1cccc(C(F)(F)F)c1)NC1CCCN1CCO. The van der Waals surface area contributed by atoms with Crippen LogP contribution in [0.25, 0.3) is 0 Å². The van der Waals surface area contributed by atoms with Gasteiger partial charge in [-0.3, -0.25) is 14.5 Å². The predicted molar refractivity (Wildman–Crippen MR) is 83.6 cm³/mol. The Morgan fingerprint density at radius 3 is 2.76 bits per heavy atom. The summed E-state index contributed by atoms with van der Waals surface area (Å²) in [5.41, 5.74) is -1.08. The molecule has 3 N–H and O–H groups in total. The number of carbonyl (C=O) groups is 2. The Morgan fingerprint density at radius 2 is 2.08 bits per heavy atom. The molecule has 1 heterocycles. The number of likely N-dealkylation sites (tertiary alicyclic amines) is 1. The number of benzene rings is 1. The van der Waals surface area contributed by atoms with Gasteiger partial charge in [-0.05, 0) is 31.0 Å². The van der Waals surface area contributed by atoms with Gasteiger partial charge >= 0.3 is 6.18 Å². The molecule has 9 heteroatoms. The van der Waals surface area contributed by atoms with Gasteiger partial charge in [-0.25, -0.2) is 0 Å². The van der Waals surface area contributed by atoms with Gasteiger partial charge in [0.15, 0.2) is 0 Å². The van der Waals surface area contributed by atoms with Crippen molar-refractivity contribution in [3.8, 4) is 0 Å². The van der Waals surface area contributed by atoms with Crippen molar-refractivity contribution in [2.45, 2.75) is 25.2 Å². The molecule has 0 radical (unpaired) electrons. The van der Waals surface area contributed by atoms with Gasteiger partial charge in [0.25, 0.3) is 5.91 Å². The maximum absolute atomic E-state index is 12.7. The van der Waals surface area contributed by atoms with Gasteiger partial charge in [0, 0.05) is 18.7 Å². The van der Waals surface area contributed by atoms with Crippen LogP contribution in [-0.4, -0.2) is 54.2 Å². The molecule has 1 unspecified atom stereocenters. The smallest absolute Gasteiger partial charge is 0.395 e. The highest BCUT2D eigenvalue weighted by atomic mass is 19.4. The molecule has 1 saturated heterocycles. The first-order chi connectivity index (χ1) is 11.8. The van der Waals surface area contributed by atoms with Gasteiger partial charge in [-0.2, -0.15) is 13.2 Å². The third-order valence-electron chi connectivity index (χ3n) is 3.94. The van der Waals surface area contributed by atoms with Crippen LogP contribution in [0.2, 0.25) is 0 Å². The molecule has 0 aromatic heterocycles. The van der Waals surface area contributed by atoms with Crippen LogP contribution in [0.1, 0.15) is 28.8 Å². The van der Waals surface area contributed by atoms with Crippen molar-refractivity contribution in [3.63, 3.8) is 0 Å². The number of β-amino-alcohol motifs (C(OH)–C–C–N with tert-alkyl or cyclic N) is 1. The summed E-state index contributed by atoms with van der Waals surface area (Å²) in [6.07, 6.45) is -3.11. The third kappa shape index (κ3) is 5.43. The maximum atomic E-state index is 12.7. The number of hydrogen-bond donors (Lipinski definition) is 3. The summed E-state index contributed by atoms with van der Waals surface area (Å²) in [5, 5.41) is 14.0. The van der Waals surface area contributed by atoms with Crippen molar-refractivity contribution >= 4 is 11.8 Å². The van der Waals surface area contributed by atoms with Crippen molar-refractivity contribution in [1.29, 1.82) is 0 Å². The van der Waals surface area contributed by atoms with Crippen LogP contribution in [0, 0.1) is 0 Å². The highest BCUT2D eigenvalue weighted by Gasteiger charge is 2.31. The average molecular weight is 359 g/mol. The van der Waals surface area contributed by atoms with E-state index in [0.717, 1.165) is 37.6 Å². The minimum absolute atomic E-state index is 0.0152. The lowest BCUT2D eigenvalue weighted by Crippen LogP contribution is -2.48. The molecule has 0 aliphatic carbocycles. The molecule has 1 aromatic rings. The van der Waals surface area contributed by atoms with E-state index < -0.39 is 23.6 Å². The minimum Gasteiger partial charge on any atom is -0.395 e. The number of aliphatic hydroxyl groups excluding tert-OH is 1. The van der Waals surface area contributed by atoms with Crippen molar-refractivity contribution in [1.82, 2.24) is 15.5 Å². The quantitative estimate of drug-likeness (QED) is 0.707. The van der Waals surface area contributed by atoms with Gasteiger partial charge in [-0.15, -0.1) is 0 Å². The van der Waals surface area contributed by atoms with Gasteiger partial charge in [0.1, 0.15) is 0 Å². The number of aliphatic hydroxyl groups is 1. The zero-order valence-corrected chi connectivity index (χ0v) is 13.5. The van der Waals surface area contributed by atoms with Crippen LogP contribution >= 0.6 is 0 Å². The Balaban J connectivity index is 1.86. The molecule has 1 atom stereocenters. The largest absolute Gasteiger partial charge is 0.416 e. The molecule has 25 heavy (non-hydrogen) atoms. The molecule has 1 aromatic carbocycles. The predicted octanol–water partition coefficient (Wildman–Crippen LogP) is 0.966. The molecule has 1 fully saturated rings. The first kappa shape index (κ1) is 19.2. The number of carbonyl (C=O) groups excluding carboxylic acids is 2. The van der Waals surface area contributed by atoms with Crippen LogP contribution in [-0.2, 0) is 11.0 Å². The normalized spacial score (nSPS) is 18.2. The number of halogens is 3. The molecule has 2 amide bonds. The Bertz CT molecular complexity index is 622. The summed E-state index contributed by atoms with van der Waals surface area (Å²) < 4.78 is 38.0. The molecule has 1 aliphatic heterocycles. The van der Waals surface area contributed by atoms with Crippen LogP contribution < -0.4 is 10.6 Å². The zero-order chi connectivity index (χ0) is 18.4. The van der Waals surface area contributed by atoms with Gasteiger partial charge in [0.05, 0.1) is 24.9 Å². The summed E-state index contributed by atoms with van der Waals surface area (Å²) in [6, 6.07) is 4.01. The highest BCUT2D eigenvalue weighted by Crippen LogP contribution is 2.29. The van der Waals surface area contributed by atoms with Gasteiger partial charge < -0.3 is 15.7 Å². The number of alkyl halides is 3. The maximum Gasteiger partial charge on any atom is 0.416 e. The van der Waals surface area contributed by atoms with E-state index in [-0.39, 0.29) is 24.9 Å². The van der Waals surface area contributed by atoms with Crippen LogP contribution in [0.4, 0.5) is 13.2 Å². The summed E-state index contributed by atoms with van der Waals surface area (Å²) in [5.74, 6) is -1.19. The molecule has 1 aliphatic rings. The van der Waals surface area contributed by atoms with E-state index in [1.54, 1.807) is 0 Å². The minimum atomic E-state index is -4.54. The average Bonchev–Trinajstić information content (AvgIpc) is 2.99. The molecular formula is C16H20F3N3O3. The van der Waals surface area contributed by atoms with E-state index in [0.29, 0.717) is 6.54 Å². The monoisotopic (exact) mass is 359 g/mol. The van der Waals surface area contributed by atoms with E-state index in [1.165, 1.54) is 6.07 Å². The first-order valence-electron chi connectivity index (χ1n) is 7.91. The van der Waals surface area contributed by atoms with E-state index in [4.69, 9.17) is 5.11 Å². The Kier molecular flexibility index (Phi) is 6.38. The van der Waals surface area contributed by atoms with E-state index >= 15 is 0 Å². The zero-order valence-electron chi connectivity index (χ0n) is 13.5. The Labute approximate surface area is 143 Å². The highest BCUT2D eigenvalue weighted by molar-refractivity contribution is 5.96. The van der Waals surface area contributed by atoms with Crippen molar-refractivity contribution in [2.75, 3.05) is 26.2 Å². The summed E-state index contributed by atoms with van der Waals surface area (Å²) in [7, 11) is 0. The lowest BCUT2D eigenvalue weighted by atomic mass is 10.1. The van der Waals surface area contributed by atoms with Gasteiger partial charge in [0.2, 0.25) is 5.91 Å². The number of nitrogens with one attached hydrogen (secondary N) is 2. The number of amides is 2. The number of rotatable bonds is 6. The van der Waals surface area contributed by atoms with Crippen LogP contribution in [0.3, 0.4) is 0 Å². The standard InChI is InChI=1S/C16H20F3N3O3/c17-16(18,19)12-4-1-3-11(9-12)15(25)20-10-14(24)21-13-5-2-6-22(13)7-8-23/h1,3-4,9,13,23H,2,5-8,10H2,(H,20,25)(H,21,24). The molecule has 138 valence electrons. The van der Waals surface area contributed by atoms with E-state index in [9.17, 15) is 22.8 Å². The second-order valence-electron chi connectivity index (χ2n) is 5.75. The fourth-order valence-electron chi connectivity index (χ4n) is 2.72. The van der Waals surface area contributed by atoms with E-state index in [2.05, 4.69) is 10.6 Å². The molecule has 0 saturated carbocycles. The summed E-state index contributed by atoms with van der Waals surface area (Å²) in [4.78, 5) is 25.8. The van der Waals surface area contributed by atoms with Gasteiger partial charge in [-0.1, -0.05) is 6.07 Å². The molecule has 2 rings (SSSR count). The van der Waals surface area contributed by atoms with Crippen molar-refractivity contribution in [3.05, 3.63) is 35.4 Å². The first-order valence-corrected chi connectivity index (χ1v) is 7.91. The lowest BCUT2D eigenvalue weighted by Gasteiger charge is -2.24. The topological polar surface area (TPSA) is 81.7 Å². The molecule has 0 bridgehead atoms. The van der Waals surface area contributed by atoms with Crippen LogP contribution in [0.15, 0.2) is 24.3 Å². The second kappa shape index (κ2) is 8.30. The summed E-state index contributed by atoms with van der Waals surface area (Å²) >= 11 is 0. The van der Waals surface area contributed by atoms with Crippen molar-refractivity contribution < 1.29 is 27.9 Å².